The third kappa shape index (κ3) is 6.13. The number of halogens is 1. The lowest BCUT2D eigenvalue weighted by Crippen LogP contribution is -2.54. The summed E-state index contributed by atoms with van der Waals surface area (Å²) in [5.74, 6) is 0.131. The molecule has 5 N–H and O–H groups in total. The van der Waals surface area contributed by atoms with Gasteiger partial charge in [0.1, 0.15) is 23.2 Å². The van der Waals surface area contributed by atoms with Crippen molar-refractivity contribution >= 4 is 11.5 Å². The molecule has 0 atom stereocenters. The first-order valence-corrected chi connectivity index (χ1v) is 11.3. The van der Waals surface area contributed by atoms with Crippen molar-refractivity contribution in [3.8, 4) is 5.75 Å². The predicted molar refractivity (Wildman–Crippen MR) is 134 cm³/mol. The van der Waals surface area contributed by atoms with Gasteiger partial charge in [0, 0.05) is 26.7 Å². The van der Waals surface area contributed by atoms with Crippen molar-refractivity contribution in [1.82, 2.24) is 25.2 Å². The first-order chi connectivity index (χ1) is 16.1. The molecule has 1 aromatic carbocycles. The Bertz CT molecular complexity index is 1080. The molecule has 0 fully saturated rings. The molecule has 0 bridgehead atoms. The first-order valence-electron chi connectivity index (χ1n) is 11.3. The highest BCUT2D eigenvalue weighted by molar-refractivity contribution is 5.82. The van der Waals surface area contributed by atoms with Crippen molar-refractivity contribution in [2.75, 3.05) is 20.1 Å². The number of fused-ring (bicyclic) bond motifs is 1. The fourth-order valence-corrected chi connectivity index (χ4v) is 3.62. The van der Waals surface area contributed by atoms with Crippen molar-refractivity contribution in [1.29, 1.82) is 0 Å². The first kappa shape index (κ1) is 26.8. The number of amidine groups is 1. The van der Waals surface area contributed by atoms with E-state index in [9.17, 15) is 14.3 Å². The summed E-state index contributed by atoms with van der Waals surface area (Å²) in [6.45, 7) is 13.7. The summed E-state index contributed by atoms with van der Waals surface area (Å²) < 4.78 is 14.6. The van der Waals surface area contributed by atoms with Gasteiger partial charge in [-0.25, -0.2) is 9.37 Å². The van der Waals surface area contributed by atoms with Crippen LogP contribution in [0.4, 0.5) is 4.39 Å². The van der Waals surface area contributed by atoms with Crippen LogP contribution in [0.3, 0.4) is 0 Å². The minimum Gasteiger partial charge on any atom is -0.501 e. The van der Waals surface area contributed by atoms with Gasteiger partial charge >= 0.3 is 0 Å². The van der Waals surface area contributed by atoms with Crippen LogP contribution in [0, 0.1) is 5.82 Å². The second-order valence-electron chi connectivity index (χ2n) is 8.56. The SMILES string of the molecule is C=C(NCc1ccc(F)cc1)c1nc2n(c(=O)c1O)CCN(C/C(N)=N/NC)C2(C)C.CCC. The zero-order chi connectivity index (χ0) is 25.5. The fraction of sp³-hybridized carbons (Fsp3) is 0.458. The van der Waals surface area contributed by atoms with Crippen LogP contribution in [0.5, 0.6) is 5.75 Å². The lowest BCUT2D eigenvalue weighted by molar-refractivity contribution is 0.0913. The Morgan fingerprint density at radius 1 is 1.29 bits per heavy atom. The molecule has 34 heavy (non-hydrogen) atoms. The van der Waals surface area contributed by atoms with E-state index in [2.05, 4.69) is 46.2 Å². The van der Waals surface area contributed by atoms with Crippen LogP contribution >= 0.6 is 0 Å². The largest absolute Gasteiger partial charge is 0.501 e. The number of rotatable bonds is 7. The van der Waals surface area contributed by atoms with Gasteiger partial charge in [-0.2, -0.15) is 5.10 Å². The van der Waals surface area contributed by atoms with Crippen LogP contribution in [0.15, 0.2) is 40.7 Å². The highest BCUT2D eigenvalue weighted by Gasteiger charge is 2.38. The maximum absolute atomic E-state index is 13.1. The summed E-state index contributed by atoms with van der Waals surface area (Å²) in [5, 5.41) is 17.6. The smallest absolute Gasteiger partial charge is 0.296 e. The van der Waals surface area contributed by atoms with Crippen molar-refractivity contribution < 1.29 is 9.50 Å². The summed E-state index contributed by atoms with van der Waals surface area (Å²) in [7, 11) is 1.67. The molecular weight excluding hydrogens is 437 g/mol. The summed E-state index contributed by atoms with van der Waals surface area (Å²) >= 11 is 0. The van der Waals surface area contributed by atoms with Gasteiger partial charge in [-0.3, -0.25) is 14.3 Å². The predicted octanol–water partition coefficient (Wildman–Crippen LogP) is 2.31. The fourth-order valence-electron chi connectivity index (χ4n) is 3.62. The molecule has 0 saturated heterocycles. The van der Waals surface area contributed by atoms with E-state index < -0.39 is 16.8 Å². The molecule has 1 aromatic heterocycles. The van der Waals surface area contributed by atoms with E-state index in [4.69, 9.17) is 5.73 Å². The van der Waals surface area contributed by atoms with Crippen molar-refractivity contribution in [3.63, 3.8) is 0 Å². The highest BCUT2D eigenvalue weighted by Crippen LogP contribution is 2.31. The molecule has 0 amide bonds. The normalized spacial score (nSPS) is 15.1. The second kappa shape index (κ2) is 11.6. The van der Waals surface area contributed by atoms with Crippen LogP contribution in [0.25, 0.3) is 5.70 Å². The van der Waals surface area contributed by atoms with Crippen molar-refractivity contribution in [3.05, 3.63) is 64.1 Å². The number of nitrogens with zero attached hydrogens (tertiary/aromatic N) is 4. The van der Waals surface area contributed by atoms with Gasteiger partial charge < -0.3 is 21.6 Å². The topological polar surface area (TPSA) is 121 Å². The maximum atomic E-state index is 13.1. The van der Waals surface area contributed by atoms with E-state index in [1.165, 1.54) is 23.1 Å². The lowest BCUT2D eigenvalue weighted by atomic mass is 9.98. The third-order valence-corrected chi connectivity index (χ3v) is 5.39. The molecule has 9 nitrogen and oxygen atoms in total. The molecule has 2 aromatic rings. The zero-order valence-corrected chi connectivity index (χ0v) is 20.7. The van der Waals surface area contributed by atoms with Crippen LogP contribution in [0.2, 0.25) is 0 Å². The van der Waals surface area contributed by atoms with Crippen molar-refractivity contribution in [2.24, 2.45) is 10.8 Å². The average Bonchev–Trinajstić information content (AvgIpc) is 2.78. The van der Waals surface area contributed by atoms with Crippen LogP contribution in [0.1, 0.15) is 51.2 Å². The number of hydrogen-bond acceptors (Lipinski definition) is 7. The van der Waals surface area contributed by atoms with E-state index in [0.717, 1.165) is 5.56 Å². The molecule has 1 aliphatic rings. The van der Waals surface area contributed by atoms with Crippen LogP contribution in [-0.4, -0.2) is 45.5 Å². The molecule has 10 heteroatoms. The lowest BCUT2D eigenvalue weighted by Gasteiger charge is -2.43. The second-order valence-corrected chi connectivity index (χ2v) is 8.56. The number of nitrogens with two attached hydrogens (primary N) is 1. The van der Waals surface area contributed by atoms with Gasteiger partial charge in [0.05, 0.1) is 17.8 Å². The maximum Gasteiger partial charge on any atom is 0.296 e. The zero-order valence-electron chi connectivity index (χ0n) is 20.7. The van der Waals surface area contributed by atoms with Crippen LogP contribution < -0.4 is 22.0 Å². The number of hydrazone groups is 1. The summed E-state index contributed by atoms with van der Waals surface area (Å²) in [6, 6.07) is 6.01. The van der Waals surface area contributed by atoms with Gasteiger partial charge in [0.25, 0.3) is 5.56 Å². The molecule has 0 aliphatic carbocycles. The summed E-state index contributed by atoms with van der Waals surface area (Å²) in [6.07, 6.45) is 1.25. The van der Waals surface area contributed by atoms with Gasteiger partial charge in [-0.15, -0.1) is 0 Å². The van der Waals surface area contributed by atoms with Crippen molar-refractivity contribution in [2.45, 2.75) is 52.7 Å². The van der Waals surface area contributed by atoms with Crippen LogP contribution in [-0.2, 0) is 18.6 Å². The average molecular weight is 474 g/mol. The standard InChI is InChI=1S/C21H28FN7O2.C3H8/c1-13(25-11-14-5-7-15(22)8-6-14)17-18(30)19(31)29-10-9-28(12-16(23)27-24-4)21(2,3)20(29)26-17;1-3-2/h5-8,24-25,30H,1,9-12H2,2-4H3,(H2,23,27);3H2,1-2H3. The Morgan fingerprint density at radius 2 is 1.91 bits per heavy atom. The Kier molecular flexibility index (Phi) is 9.19. The molecule has 3 rings (SSSR count). The van der Waals surface area contributed by atoms with E-state index in [0.29, 0.717) is 43.5 Å². The number of hydrogen-bond donors (Lipinski definition) is 4. The minimum atomic E-state index is -0.648. The summed E-state index contributed by atoms with van der Waals surface area (Å²) in [4.78, 5) is 19.5. The van der Waals surface area contributed by atoms with E-state index >= 15 is 0 Å². The quantitative estimate of drug-likeness (QED) is 0.277. The minimum absolute atomic E-state index is 0.0881. The van der Waals surface area contributed by atoms with E-state index in [1.54, 1.807) is 19.2 Å². The highest BCUT2D eigenvalue weighted by atomic mass is 19.1. The Hall–Kier alpha value is -3.40. The van der Waals surface area contributed by atoms with Gasteiger partial charge in [-0.05, 0) is 31.5 Å². The number of aromatic nitrogens is 2. The molecule has 1 aliphatic heterocycles. The molecule has 0 radical (unpaired) electrons. The van der Waals surface area contributed by atoms with E-state index in [-0.39, 0.29) is 11.5 Å². The third-order valence-electron chi connectivity index (χ3n) is 5.39. The molecular formula is C24H36FN7O2. The summed E-state index contributed by atoms with van der Waals surface area (Å²) in [5.41, 5.74) is 8.67. The number of nitrogens with one attached hydrogen (secondary N) is 2. The molecule has 0 unspecified atom stereocenters. The van der Waals surface area contributed by atoms with Gasteiger partial charge in [0.2, 0.25) is 5.75 Å². The molecule has 186 valence electrons. The number of aromatic hydroxyl groups is 1. The Labute approximate surface area is 200 Å². The number of benzene rings is 1. The molecule has 0 saturated carbocycles. The Morgan fingerprint density at radius 3 is 2.50 bits per heavy atom. The monoisotopic (exact) mass is 473 g/mol. The molecule has 0 spiro atoms. The van der Waals surface area contributed by atoms with Gasteiger partial charge in [0.15, 0.2) is 0 Å². The van der Waals surface area contributed by atoms with Gasteiger partial charge in [-0.1, -0.05) is 39.0 Å². The Balaban J connectivity index is 0.00000129. The molecule has 2 heterocycles. The van der Waals surface area contributed by atoms with E-state index in [1.807, 2.05) is 13.8 Å².